The maximum atomic E-state index is 6.06. The summed E-state index contributed by atoms with van der Waals surface area (Å²) in [5.74, 6) is 0. The van der Waals surface area contributed by atoms with Crippen molar-refractivity contribution < 1.29 is 0 Å². The Labute approximate surface area is 88.6 Å². The van der Waals surface area contributed by atoms with Crippen molar-refractivity contribution in [3.8, 4) is 0 Å². The van der Waals surface area contributed by atoms with Gasteiger partial charge >= 0.3 is 0 Å². The van der Waals surface area contributed by atoms with Gasteiger partial charge in [0.05, 0.1) is 0 Å². The second-order valence-corrected chi connectivity index (χ2v) is 5.15. The van der Waals surface area contributed by atoms with E-state index >= 15 is 0 Å². The molecule has 0 aliphatic heterocycles. The summed E-state index contributed by atoms with van der Waals surface area (Å²) in [5, 5.41) is 0. The Balaban J connectivity index is 2.44. The van der Waals surface area contributed by atoms with Crippen molar-refractivity contribution in [2.45, 2.75) is 18.4 Å². The second-order valence-electron chi connectivity index (χ2n) is 3.31. The summed E-state index contributed by atoms with van der Waals surface area (Å²) in [6.45, 7) is 0. The highest BCUT2D eigenvalue weighted by Crippen LogP contribution is 2.44. The first-order valence-corrected chi connectivity index (χ1v) is 5.44. The third-order valence-corrected chi connectivity index (χ3v) is 3.14. The molecule has 64 valence electrons. The largest absolute Gasteiger partial charge is 0.321 e. The van der Waals surface area contributed by atoms with Crippen molar-refractivity contribution in [1.29, 1.82) is 0 Å². The molecule has 12 heavy (non-hydrogen) atoms. The van der Waals surface area contributed by atoms with E-state index in [1.165, 1.54) is 5.56 Å². The van der Waals surface area contributed by atoms with Crippen molar-refractivity contribution in [3.05, 3.63) is 32.7 Å². The van der Waals surface area contributed by atoms with Crippen molar-refractivity contribution in [2.75, 3.05) is 0 Å². The highest BCUT2D eigenvalue weighted by molar-refractivity contribution is 9.11. The summed E-state index contributed by atoms with van der Waals surface area (Å²) in [5.41, 5.74) is 7.25. The van der Waals surface area contributed by atoms with Crippen LogP contribution in [0.4, 0.5) is 0 Å². The van der Waals surface area contributed by atoms with Gasteiger partial charge in [0.25, 0.3) is 0 Å². The lowest BCUT2D eigenvalue weighted by Crippen LogP contribution is -2.18. The van der Waals surface area contributed by atoms with Crippen molar-refractivity contribution >= 4 is 31.9 Å². The van der Waals surface area contributed by atoms with Crippen LogP contribution in [0.1, 0.15) is 18.4 Å². The van der Waals surface area contributed by atoms with E-state index < -0.39 is 0 Å². The molecule has 1 aromatic rings. The summed E-state index contributed by atoms with van der Waals surface area (Å²) >= 11 is 6.90. The van der Waals surface area contributed by atoms with Gasteiger partial charge in [0, 0.05) is 14.5 Å². The molecular formula is C9H9Br2N. The minimum absolute atomic E-state index is 0.0354. The van der Waals surface area contributed by atoms with E-state index in [1.807, 2.05) is 6.07 Å². The van der Waals surface area contributed by atoms with Crippen LogP contribution in [0.5, 0.6) is 0 Å². The molecule has 1 aliphatic rings. The lowest BCUT2D eigenvalue weighted by atomic mass is 10.1. The monoisotopic (exact) mass is 289 g/mol. The van der Waals surface area contributed by atoms with Crippen LogP contribution in [0.15, 0.2) is 27.1 Å². The van der Waals surface area contributed by atoms with Gasteiger partial charge in [0.2, 0.25) is 0 Å². The van der Waals surface area contributed by atoms with Gasteiger partial charge in [0.15, 0.2) is 0 Å². The average molecular weight is 291 g/mol. The summed E-state index contributed by atoms with van der Waals surface area (Å²) in [4.78, 5) is 0. The van der Waals surface area contributed by atoms with Crippen LogP contribution in [0, 0.1) is 0 Å². The van der Waals surface area contributed by atoms with Gasteiger partial charge in [-0.2, -0.15) is 0 Å². The third-order valence-electron chi connectivity index (χ3n) is 2.23. The predicted molar refractivity (Wildman–Crippen MR) is 56.9 cm³/mol. The zero-order valence-corrected chi connectivity index (χ0v) is 9.65. The van der Waals surface area contributed by atoms with Crippen LogP contribution >= 0.6 is 31.9 Å². The Bertz CT molecular complexity index is 298. The molecule has 3 heteroatoms. The van der Waals surface area contributed by atoms with Gasteiger partial charge in [-0.3, -0.25) is 0 Å². The molecule has 0 aromatic heterocycles. The van der Waals surface area contributed by atoms with Crippen molar-refractivity contribution in [3.63, 3.8) is 0 Å². The van der Waals surface area contributed by atoms with E-state index in [0.29, 0.717) is 0 Å². The smallest absolute Gasteiger partial charge is 0.0412 e. The quantitative estimate of drug-likeness (QED) is 0.845. The minimum atomic E-state index is -0.0354. The van der Waals surface area contributed by atoms with E-state index in [4.69, 9.17) is 5.73 Å². The van der Waals surface area contributed by atoms with Crippen LogP contribution in [0.2, 0.25) is 0 Å². The first kappa shape index (κ1) is 8.73. The number of hydrogen-bond donors (Lipinski definition) is 1. The van der Waals surface area contributed by atoms with Gasteiger partial charge in [-0.05, 0) is 36.6 Å². The van der Waals surface area contributed by atoms with E-state index in [2.05, 4.69) is 44.0 Å². The normalized spacial score (nSPS) is 19.2. The van der Waals surface area contributed by atoms with Crippen LogP contribution in [-0.4, -0.2) is 0 Å². The molecule has 0 saturated heterocycles. The van der Waals surface area contributed by atoms with Crippen LogP contribution < -0.4 is 5.73 Å². The Morgan fingerprint density at radius 1 is 1.08 bits per heavy atom. The van der Waals surface area contributed by atoms with Gasteiger partial charge in [-0.1, -0.05) is 31.9 Å². The molecule has 2 N–H and O–H groups in total. The van der Waals surface area contributed by atoms with Crippen LogP contribution in [-0.2, 0) is 5.54 Å². The lowest BCUT2D eigenvalue weighted by molar-refractivity contribution is 0.739. The molecule has 1 fully saturated rings. The van der Waals surface area contributed by atoms with Gasteiger partial charge in [0.1, 0.15) is 0 Å². The molecule has 1 saturated carbocycles. The molecule has 0 unspecified atom stereocenters. The molecule has 0 heterocycles. The molecule has 0 radical (unpaired) electrons. The zero-order valence-electron chi connectivity index (χ0n) is 6.48. The van der Waals surface area contributed by atoms with Crippen molar-refractivity contribution in [2.24, 2.45) is 5.73 Å². The Morgan fingerprint density at radius 3 is 2.00 bits per heavy atom. The molecule has 1 nitrogen and oxygen atoms in total. The maximum absolute atomic E-state index is 6.06. The SMILES string of the molecule is NC1(c2cc(Br)cc(Br)c2)CC1. The van der Waals surface area contributed by atoms with Crippen LogP contribution in [0.3, 0.4) is 0 Å². The number of rotatable bonds is 1. The van der Waals surface area contributed by atoms with E-state index in [9.17, 15) is 0 Å². The lowest BCUT2D eigenvalue weighted by Gasteiger charge is -2.09. The third kappa shape index (κ3) is 1.58. The fourth-order valence-electron chi connectivity index (χ4n) is 1.26. The van der Waals surface area contributed by atoms with Crippen LogP contribution in [0.25, 0.3) is 0 Å². The molecule has 1 aliphatic carbocycles. The summed E-state index contributed by atoms with van der Waals surface area (Å²) in [6.07, 6.45) is 2.21. The molecule has 0 amide bonds. The second kappa shape index (κ2) is 2.82. The highest BCUT2D eigenvalue weighted by Gasteiger charge is 2.40. The molecular weight excluding hydrogens is 282 g/mol. The first-order chi connectivity index (χ1) is 5.60. The Morgan fingerprint density at radius 2 is 1.58 bits per heavy atom. The van der Waals surface area contributed by atoms with Gasteiger partial charge < -0.3 is 5.73 Å². The number of hydrogen-bond acceptors (Lipinski definition) is 1. The van der Waals surface area contributed by atoms with Gasteiger partial charge in [-0.25, -0.2) is 0 Å². The van der Waals surface area contributed by atoms with Gasteiger partial charge in [-0.15, -0.1) is 0 Å². The summed E-state index contributed by atoms with van der Waals surface area (Å²) in [6, 6.07) is 6.21. The number of nitrogens with two attached hydrogens (primary N) is 1. The molecule has 0 spiro atoms. The Hall–Kier alpha value is 0.140. The standard InChI is InChI=1S/C9H9Br2N/c10-7-3-6(4-8(11)5-7)9(12)1-2-9/h3-5H,1-2,12H2. The van der Waals surface area contributed by atoms with E-state index in [0.717, 1.165) is 21.8 Å². The van der Waals surface area contributed by atoms with E-state index in [1.54, 1.807) is 0 Å². The maximum Gasteiger partial charge on any atom is 0.0412 e. The van der Waals surface area contributed by atoms with Crippen molar-refractivity contribution in [1.82, 2.24) is 0 Å². The average Bonchev–Trinajstić information content (AvgIpc) is 2.67. The zero-order chi connectivity index (χ0) is 8.77. The number of benzene rings is 1. The first-order valence-electron chi connectivity index (χ1n) is 3.86. The Kier molecular flexibility index (Phi) is 2.05. The molecule has 0 bridgehead atoms. The summed E-state index contributed by atoms with van der Waals surface area (Å²) < 4.78 is 2.17. The predicted octanol–water partition coefficient (Wildman–Crippen LogP) is 3.16. The highest BCUT2D eigenvalue weighted by atomic mass is 79.9. The van der Waals surface area contributed by atoms with E-state index in [-0.39, 0.29) is 5.54 Å². The number of halogens is 2. The minimum Gasteiger partial charge on any atom is -0.321 e. The summed E-state index contributed by atoms with van der Waals surface area (Å²) in [7, 11) is 0. The molecule has 2 rings (SSSR count). The molecule has 1 aromatic carbocycles. The fraction of sp³-hybridized carbons (Fsp3) is 0.333. The fourth-order valence-corrected chi connectivity index (χ4v) is 2.56. The molecule has 0 atom stereocenters. The topological polar surface area (TPSA) is 26.0 Å².